The number of benzene rings is 1. The van der Waals surface area contributed by atoms with Crippen molar-refractivity contribution < 1.29 is 4.74 Å². The maximum Gasteiger partial charge on any atom is 0.120 e. The summed E-state index contributed by atoms with van der Waals surface area (Å²) in [5.41, 5.74) is 2.70. The van der Waals surface area contributed by atoms with Crippen molar-refractivity contribution in [2.75, 3.05) is 20.7 Å². The first-order chi connectivity index (χ1) is 9.17. The highest BCUT2D eigenvalue weighted by Gasteiger charge is 2.11. The molecule has 104 valence electrons. The molecule has 0 fully saturated rings. The van der Waals surface area contributed by atoms with Gasteiger partial charge < -0.3 is 14.6 Å². The van der Waals surface area contributed by atoms with E-state index >= 15 is 0 Å². The molecule has 1 aromatic heterocycles. The molecule has 0 saturated heterocycles. The molecule has 3 nitrogen and oxygen atoms in total. The number of hydrogen-bond acceptors (Lipinski definition) is 2. The SMILES string of the molecule is CNCCCc1cn(C(C)C)c2cc(OC)ccc12. The van der Waals surface area contributed by atoms with Gasteiger partial charge in [-0.1, -0.05) is 0 Å². The lowest BCUT2D eigenvalue weighted by molar-refractivity contribution is 0.415. The molecule has 1 N–H and O–H groups in total. The van der Waals surface area contributed by atoms with Crippen LogP contribution in [0.4, 0.5) is 0 Å². The van der Waals surface area contributed by atoms with Gasteiger partial charge in [-0.15, -0.1) is 0 Å². The molecule has 0 amide bonds. The minimum atomic E-state index is 0.465. The summed E-state index contributed by atoms with van der Waals surface area (Å²) in [7, 11) is 3.72. The Labute approximate surface area is 115 Å². The highest BCUT2D eigenvalue weighted by molar-refractivity contribution is 5.85. The van der Waals surface area contributed by atoms with E-state index < -0.39 is 0 Å². The first kappa shape index (κ1) is 13.9. The quantitative estimate of drug-likeness (QED) is 0.806. The van der Waals surface area contributed by atoms with Crippen LogP contribution in [-0.2, 0) is 6.42 Å². The highest BCUT2D eigenvalue weighted by Crippen LogP contribution is 2.28. The van der Waals surface area contributed by atoms with Crippen molar-refractivity contribution >= 4 is 10.9 Å². The Bertz CT molecular complexity index is 543. The molecule has 1 aromatic carbocycles. The van der Waals surface area contributed by atoms with Crippen molar-refractivity contribution in [1.29, 1.82) is 0 Å². The normalized spacial score (nSPS) is 11.4. The maximum atomic E-state index is 5.34. The van der Waals surface area contributed by atoms with E-state index in [1.54, 1.807) is 7.11 Å². The first-order valence-corrected chi connectivity index (χ1v) is 6.99. The predicted octanol–water partition coefficient (Wildman–Crippen LogP) is 3.38. The molecule has 3 heteroatoms. The summed E-state index contributed by atoms with van der Waals surface area (Å²) in [5, 5.41) is 4.56. The number of hydrogen-bond donors (Lipinski definition) is 1. The second-order valence-corrected chi connectivity index (χ2v) is 5.25. The van der Waals surface area contributed by atoms with Gasteiger partial charge in [-0.25, -0.2) is 0 Å². The van der Waals surface area contributed by atoms with Crippen molar-refractivity contribution in [1.82, 2.24) is 9.88 Å². The summed E-state index contributed by atoms with van der Waals surface area (Å²) < 4.78 is 7.68. The Kier molecular flexibility index (Phi) is 4.48. The van der Waals surface area contributed by atoms with E-state index in [0.717, 1.165) is 18.7 Å². The molecule has 0 aliphatic heterocycles. The van der Waals surface area contributed by atoms with Crippen LogP contribution in [0.15, 0.2) is 24.4 Å². The van der Waals surface area contributed by atoms with E-state index in [0.29, 0.717) is 6.04 Å². The summed E-state index contributed by atoms with van der Waals surface area (Å²) in [5.74, 6) is 0.925. The molecular formula is C16H24N2O. The third-order valence-corrected chi connectivity index (χ3v) is 3.55. The Morgan fingerprint density at radius 2 is 2.11 bits per heavy atom. The minimum absolute atomic E-state index is 0.465. The van der Waals surface area contributed by atoms with Gasteiger partial charge in [0.2, 0.25) is 0 Å². The number of fused-ring (bicyclic) bond motifs is 1. The number of aromatic nitrogens is 1. The van der Waals surface area contributed by atoms with Crippen LogP contribution in [0, 0.1) is 0 Å². The lowest BCUT2D eigenvalue weighted by Crippen LogP contribution is -2.08. The molecule has 1 heterocycles. The molecular weight excluding hydrogens is 236 g/mol. The maximum absolute atomic E-state index is 5.34. The van der Waals surface area contributed by atoms with E-state index in [1.807, 2.05) is 7.05 Å². The van der Waals surface area contributed by atoms with Crippen LogP contribution in [0.1, 0.15) is 31.9 Å². The summed E-state index contributed by atoms with van der Waals surface area (Å²) in [6, 6.07) is 6.83. The van der Waals surface area contributed by atoms with Gasteiger partial charge in [-0.2, -0.15) is 0 Å². The number of ether oxygens (including phenoxy) is 1. The van der Waals surface area contributed by atoms with Gasteiger partial charge in [-0.3, -0.25) is 0 Å². The third-order valence-electron chi connectivity index (χ3n) is 3.55. The largest absolute Gasteiger partial charge is 0.497 e. The van der Waals surface area contributed by atoms with Gasteiger partial charge in [0, 0.05) is 23.7 Å². The molecule has 0 unspecified atom stereocenters. The minimum Gasteiger partial charge on any atom is -0.497 e. The number of aryl methyl sites for hydroxylation is 1. The van der Waals surface area contributed by atoms with Crippen molar-refractivity contribution in [2.45, 2.75) is 32.7 Å². The lowest BCUT2D eigenvalue weighted by atomic mass is 10.1. The Morgan fingerprint density at radius 3 is 2.74 bits per heavy atom. The molecule has 0 aliphatic carbocycles. The van der Waals surface area contributed by atoms with Crippen LogP contribution < -0.4 is 10.1 Å². The number of rotatable bonds is 6. The topological polar surface area (TPSA) is 26.2 Å². The third kappa shape index (κ3) is 2.92. The van der Waals surface area contributed by atoms with E-state index in [9.17, 15) is 0 Å². The molecule has 2 rings (SSSR count). The monoisotopic (exact) mass is 260 g/mol. The van der Waals surface area contributed by atoms with E-state index in [4.69, 9.17) is 4.74 Å². The number of methoxy groups -OCH3 is 1. The Morgan fingerprint density at radius 1 is 1.32 bits per heavy atom. The Balaban J connectivity index is 2.41. The molecule has 2 aromatic rings. The molecule has 0 saturated carbocycles. The van der Waals surface area contributed by atoms with Crippen molar-refractivity contribution in [3.05, 3.63) is 30.0 Å². The van der Waals surface area contributed by atoms with E-state index in [-0.39, 0.29) is 0 Å². The van der Waals surface area contributed by atoms with Crippen molar-refractivity contribution in [2.24, 2.45) is 0 Å². The van der Waals surface area contributed by atoms with E-state index in [2.05, 4.69) is 48.1 Å². The number of nitrogens with one attached hydrogen (secondary N) is 1. The lowest BCUT2D eigenvalue weighted by Gasteiger charge is -2.09. The van der Waals surface area contributed by atoms with Gasteiger partial charge in [0.15, 0.2) is 0 Å². The van der Waals surface area contributed by atoms with Gasteiger partial charge in [0.25, 0.3) is 0 Å². The average molecular weight is 260 g/mol. The standard InChI is InChI=1S/C16H24N2O/c1-12(2)18-11-13(6-5-9-17-3)15-8-7-14(19-4)10-16(15)18/h7-8,10-12,17H,5-6,9H2,1-4H3. The van der Waals surface area contributed by atoms with Crippen LogP contribution in [0.25, 0.3) is 10.9 Å². The second-order valence-electron chi connectivity index (χ2n) is 5.25. The molecule has 0 spiro atoms. The summed E-state index contributed by atoms with van der Waals surface area (Å²) in [6.45, 7) is 5.50. The van der Waals surface area contributed by atoms with Crippen molar-refractivity contribution in [3.63, 3.8) is 0 Å². The summed E-state index contributed by atoms with van der Waals surface area (Å²) in [4.78, 5) is 0. The predicted molar refractivity (Wildman–Crippen MR) is 81.1 cm³/mol. The highest BCUT2D eigenvalue weighted by atomic mass is 16.5. The van der Waals surface area contributed by atoms with Gasteiger partial charge in [0.1, 0.15) is 5.75 Å². The summed E-state index contributed by atoms with van der Waals surface area (Å²) >= 11 is 0. The summed E-state index contributed by atoms with van der Waals surface area (Å²) in [6.07, 6.45) is 4.58. The fourth-order valence-electron chi connectivity index (χ4n) is 2.51. The Hall–Kier alpha value is -1.48. The zero-order valence-corrected chi connectivity index (χ0v) is 12.4. The molecule has 19 heavy (non-hydrogen) atoms. The van der Waals surface area contributed by atoms with Crippen LogP contribution in [0.5, 0.6) is 5.75 Å². The number of nitrogens with zero attached hydrogens (tertiary/aromatic N) is 1. The second kappa shape index (κ2) is 6.11. The van der Waals surface area contributed by atoms with Gasteiger partial charge in [-0.05, 0) is 58.0 Å². The van der Waals surface area contributed by atoms with Gasteiger partial charge in [0.05, 0.1) is 12.6 Å². The fourth-order valence-corrected chi connectivity index (χ4v) is 2.51. The van der Waals surface area contributed by atoms with Crippen LogP contribution in [0.3, 0.4) is 0 Å². The van der Waals surface area contributed by atoms with Crippen LogP contribution in [0.2, 0.25) is 0 Å². The van der Waals surface area contributed by atoms with E-state index in [1.165, 1.54) is 22.9 Å². The average Bonchev–Trinajstić information content (AvgIpc) is 2.77. The zero-order valence-electron chi connectivity index (χ0n) is 12.4. The van der Waals surface area contributed by atoms with Crippen LogP contribution in [-0.4, -0.2) is 25.3 Å². The zero-order chi connectivity index (χ0) is 13.8. The smallest absolute Gasteiger partial charge is 0.120 e. The molecule has 0 bridgehead atoms. The molecule has 0 aliphatic rings. The molecule has 0 atom stereocenters. The van der Waals surface area contributed by atoms with Crippen LogP contribution >= 0.6 is 0 Å². The fraction of sp³-hybridized carbons (Fsp3) is 0.500. The molecule has 0 radical (unpaired) electrons. The first-order valence-electron chi connectivity index (χ1n) is 6.99. The van der Waals surface area contributed by atoms with Crippen molar-refractivity contribution in [3.8, 4) is 5.75 Å². The van der Waals surface area contributed by atoms with Gasteiger partial charge >= 0.3 is 0 Å².